The molecule has 0 bridgehead atoms. The number of nitrogens with one attached hydrogen (secondary N) is 1. The first-order valence-electron chi connectivity index (χ1n) is 5.81. The van der Waals surface area contributed by atoms with Crippen molar-refractivity contribution in [3.63, 3.8) is 0 Å². The number of thiazole rings is 1. The number of hydrogen-bond acceptors (Lipinski definition) is 6. The summed E-state index contributed by atoms with van der Waals surface area (Å²) in [6.07, 6.45) is 0.940. The summed E-state index contributed by atoms with van der Waals surface area (Å²) in [5, 5.41) is 13.4. The van der Waals surface area contributed by atoms with Crippen molar-refractivity contribution in [3.8, 4) is 0 Å². The van der Waals surface area contributed by atoms with E-state index in [1.165, 1.54) is 11.3 Å². The monoisotopic (exact) mass is 296 g/mol. The minimum absolute atomic E-state index is 0.0830. The fraction of sp³-hybridized carbons (Fsp3) is 0.364. The first-order valence-corrected chi connectivity index (χ1v) is 6.69. The van der Waals surface area contributed by atoms with Gasteiger partial charge in [-0.25, -0.2) is 9.78 Å². The number of hydrogen-bond donors (Lipinski definition) is 1. The molecule has 2 aromatic rings. The summed E-state index contributed by atoms with van der Waals surface area (Å²) in [7, 11) is 0. The van der Waals surface area contributed by atoms with Gasteiger partial charge in [0.05, 0.1) is 28.4 Å². The number of nitro groups is 1. The van der Waals surface area contributed by atoms with Crippen LogP contribution in [0.1, 0.15) is 30.5 Å². The molecule has 2 rings (SSSR count). The van der Waals surface area contributed by atoms with Crippen molar-refractivity contribution >= 4 is 17.0 Å². The van der Waals surface area contributed by atoms with E-state index in [-0.39, 0.29) is 12.5 Å². The van der Waals surface area contributed by atoms with Gasteiger partial charge in [0.1, 0.15) is 0 Å². The molecule has 0 aromatic carbocycles. The van der Waals surface area contributed by atoms with E-state index in [9.17, 15) is 19.7 Å². The van der Waals surface area contributed by atoms with Crippen LogP contribution in [0.3, 0.4) is 0 Å². The highest BCUT2D eigenvalue weighted by molar-refractivity contribution is 7.09. The molecule has 0 amide bonds. The molecule has 8 nitrogen and oxygen atoms in total. The predicted octanol–water partition coefficient (Wildman–Crippen LogP) is 1.07. The predicted molar refractivity (Wildman–Crippen MR) is 73.3 cm³/mol. The van der Waals surface area contributed by atoms with E-state index in [0.29, 0.717) is 5.69 Å². The molecule has 0 radical (unpaired) electrons. The van der Waals surface area contributed by atoms with Gasteiger partial charge < -0.3 is 0 Å². The third-order valence-corrected chi connectivity index (χ3v) is 3.78. The number of nitrogens with zero attached hydrogens (tertiary/aromatic N) is 3. The maximum Gasteiger partial charge on any atom is 0.350 e. The van der Waals surface area contributed by atoms with Crippen molar-refractivity contribution in [1.29, 1.82) is 0 Å². The number of H-pyrrole nitrogens is 1. The van der Waals surface area contributed by atoms with Gasteiger partial charge in [-0.1, -0.05) is 13.8 Å². The number of aromatic amines is 1. The molecule has 2 aromatic heterocycles. The molecular formula is C11H12N4O4S. The first-order chi connectivity index (χ1) is 9.38. The van der Waals surface area contributed by atoms with Crippen LogP contribution in [0.4, 0.5) is 5.69 Å². The molecular weight excluding hydrogens is 284 g/mol. The van der Waals surface area contributed by atoms with Crippen LogP contribution in [0.15, 0.2) is 21.2 Å². The summed E-state index contributed by atoms with van der Waals surface area (Å²) in [5.74, 6) is 0.274. The van der Waals surface area contributed by atoms with Gasteiger partial charge in [-0.05, 0) is 0 Å². The van der Waals surface area contributed by atoms with Crippen molar-refractivity contribution in [2.75, 3.05) is 0 Å². The van der Waals surface area contributed by atoms with Crippen LogP contribution in [0.2, 0.25) is 0 Å². The first kappa shape index (κ1) is 14.1. The van der Waals surface area contributed by atoms with Crippen molar-refractivity contribution < 1.29 is 4.92 Å². The maximum atomic E-state index is 11.6. The molecule has 9 heteroatoms. The van der Waals surface area contributed by atoms with E-state index in [1.807, 2.05) is 18.8 Å². The lowest BCUT2D eigenvalue weighted by Crippen LogP contribution is -2.31. The van der Waals surface area contributed by atoms with Crippen LogP contribution >= 0.6 is 11.3 Å². The van der Waals surface area contributed by atoms with Crippen LogP contribution in [0.25, 0.3) is 0 Å². The van der Waals surface area contributed by atoms with E-state index in [1.54, 1.807) is 5.38 Å². The lowest BCUT2D eigenvalue weighted by Gasteiger charge is -2.02. The van der Waals surface area contributed by atoms with Gasteiger partial charge in [0.15, 0.2) is 0 Å². The van der Waals surface area contributed by atoms with Gasteiger partial charge in [-0.2, -0.15) is 0 Å². The fourth-order valence-electron chi connectivity index (χ4n) is 1.58. The number of aromatic nitrogens is 3. The molecule has 0 atom stereocenters. The lowest BCUT2D eigenvalue weighted by molar-refractivity contribution is -0.386. The van der Waals surface area contributed by atoms with Crippen LogP contribution in [0.5, 0.6) is 0 Å². The topological polar surface area (TPSA) is 111 Å². The molecule has 1 N–H and O–H groups in total. The Hall–Kier alpha value is -2.29. The van der Waals surface area contributed by atoms with Crippen molar-refractivity contribution in [1.82, 2.24) is 14.5 Å². The summed E-state index contributed by atoms with van der Waals surface area (Å²) < 4.78 is 1.07. The number of rotatable bonds is 4. The smallest absolute Gasteiger partial charge is 0.288 e. The second-order valence-electron chi connectivity index (χ2n) is 4.49. The van der Waals surface area contributed by atoms with Gasteiger partial charge in [-0.3, -0.25) is 24.5 Å². The van der Waals surface area contributed by atoms with Crippen LogP contribution in [0, 0.1) is 10.1 Å². The third-order valence-electron chi connectivity index (χ3n) is 2.58. The van der Waals surface area contributed by atoms with E-state index < -0.39 is 21.9 Å². The van der Waals surface area contributed by atoms with Gasteiger partial charge in [-0.15, -0.1) is 11.3 Å². The van der Waals surface area contributed by atoms with E-state index >= 15 is 0 Å². The average Bonchev–Trinajstić information content (AvgIpc) is 2.80. The summed E-state index contributed by atoms with van der Waals surface area (Å²) in [5.41, 5.74) is -1.73. The Morgan fingerprint density at radius 2 is 2.20 bits per heavy atom. The molecule has 0 saturated heterocycles. The zero-order chi connectivity index (χ0) is 14.9. The Morgan fingerprint density at radius 3 is 2.75 bits per heavy atom. The highest BCUT2D eigenvalue weighted by Gasteiger charge is 2.15. The molecule has 20 heavy (non-hydrogen) atoms. The van der Waals surface area contributed by atoms with Crippen LogP contribution in [-0.2, 0) is 6.54 Å². The van der Waals surface area contributed by atoms with Gasteiger partial charge in [0.25, 0.3) is 0 Å². The van der Waals surface area contributed by atoms with Crippen molar-refractivity contribution in [3.05, 3.63) is 53.2 Å². The largest absolute Gasteiger partial charge is 0.350 e. The molecule has 0 aliphatic rings. The molecule has 0 unspecified atom stereocenters. The SMILES string of the molecule is CC(C)c1nc(Cn2cc([N+](=O)[O-])c(=O)[nH]c2=O)cs1. The summed E-state index contributed by atoms with van der Waals surface area (Å²) in [6, 6.07) is 0. The van der Waals surface area contributed by atoms with Crippen molar-refractivity contribution in [2.45, 2.75) is 26.3 Å². The Kier molecular flexibility index (Phi) is 3.79. The van der Waals surface area contributed by atoms with E-state index in [0.717, 1.165) is 15.8 Å². The highest BCUT2D eigenvalue weighted by Crippen LogP contribution is 2.19. The zero-order valence-corrected chi connectivity index (χ0v) is 11.6. The Morgan fingerprint density at radius 1 is 1.50 bits per heavy atom. The molecule has 106 valence electrons. The quantitative estimate of drug-likeness (QED) is 0.670. The summed E-state index contributed by atoms with van der Waals surface area (Å²) in [4.78, 5) is 39.0. The van der Waals surface area contributed by atoms with Gasteiger partial charge in [0.2, 0.25) is 0 Å². The van der Waals surface area contributed by atoms with Gasteiger partial charge in [0, 0.05) is 11.3 Å². The van der Waals surface area contributed by atoms with E-state index in [2.05, 4.69) is 4.98 Å². The van der Waals surface area contributed by atoms with Gasteiger partial charge >= 0.3 is 16.9 Å². The van der Waals surface area contributed by atoms with Crippen LogP contribution in [-0.4, -0.2) is 19.5 Å². The third kappa shape index (κ3) is 2.82. The van der Waals surface area contributed by atoms with Crippen LogP contribution < -0.4 is 11.2 Å². The average molecular weight is 296 g/mol. The van der Waals surface area contributed by atoms with E-state index in [4.69, 9.17) is 0 Å². The summed E-state index contributed by atoms with van der Waals surface area (Å²) in [6.45, 7) is 4.08. The minimum Gasteiger partial charge on any atom is -0.288 e. The summed E-state index contributed by atoms with van der Waals surface area (Å²) >= 11 is 1.46. The molecule has 2 heterocycles. The Bertz CT molecular complexity index is 758. The zero-order valence-electron chi connectivity index (χ0n) is 10.8. The molecule has 0 spiro atoms. The van der Waals surface area contributed by atoms with Crippen molar-refractivity contribution in [2.24, 2.45) is 0 Å². The molecule has 0 aliphatic carbocycles. The Balaban J connectivity index is 2.37. The molecule has 0 aliphatic heterocycles. The molecule has 0 saturated carbocycles. The highest BCUT2D eigenvalue weighted by atomic mass is 32.1. The Labute approximate surface area is 116 Å². The fourth-order valence-corrected chi connectivity index (χ4v) is 2.41. The minimum atomic E-state index is -1.00. The standard InChI is InChI=1S/C11H12N4O4S/c1-6(2)10-12-7(5-20-10)3-14-4-8(15(18)19)9(16)13-11(14)17/h4-6H,3H2,1-2H3,(H,13,16,17). The second-order valence-corrected chi connectivity index (χ2v) is 5.38. The normalized spacial score (nSPS) is 10.9. The maximum absolute atomic E-state index is 11.6. The molecule has 0 fully saturated rings. The lowest BCUT2D eigenvalue weighted by atomic mass is 10.2. The second kappa shape index (κ2) is 5.37.